The number of hydrogen-bond acceptors (Lipinski definition) is 4. The summed E-state index contributed by atoms with van der Waals surface area (Å²) in [5.41, 5.74) is -0.818. The largest absolute Gasteiger partial charge is 0.460 e. The Kier molecular flexibility index (Phi) is 8.77. The van der Waals surface area contributed by atoms with Gasteiger partial charge in [0.05, 0.1) is 0 Å². The number of nitrogens with zero attached hydrogens (tertiary/aromatic N) is 1. The molecule has 0 aliphatic heterocycles. The number of rotatable bonds is 11. The highest BCUT2D eigenvalue weighted by atomic mass is 32.2. The first-order valence-corrected chi connectivity index (χ1v) is 9.83. The molecule has 0 saturated heterocycles. The van der Waals surface area contributed by atoms with Crippen molar-refractivity contribution in [2.45, 2.75) is 60.3 Å². The average Bonchev–Trinajstić information content (AvgIpc) is 2.70. The third kappa shape index (κ3) is 4.68. The molecule has 0 aliphatic carbocycles. The summed E-state index contributed by atoms with van der Waals surface area (Å²) in [5.74, 6) is -54.3. The number of carbonyl (C=O) groups is 1. The summed E-state index contributed by atoms with van der Waals surface area (Å²) < 4.78 is 246. The maximum Gasteiger partial charge on any atom is 0.460 e. The van der Waals surface area contributed by atoms with E-state index >= 15 is 0 Å². The molecule has 0 saturated carbocycles. The summed E-state index contributed by atoms with van der Waals surface area (Å²) in [6, 6.07) is 0. The fraction of sp³-hybridized carbons (Fsp3) is 0.786. The number of hydroxylamine groups is 1. The van der Waals surface area contributed by atoms with Crippen molar-refractivity contribution in [2.24, 2.45) is 0 Å². The molecule has 0 atom stereocenters. The average molecular weight is 611 g/mol. The van der Waals surface area contributed by atoms with Gasteiger partial charge in [0.1, 0.15) is 0 Å². The number of halogens is 17. The monoisotopic (exact) mass is 611 g/mol. The van der Waals surface area contributed by atoms with E-state index < -0.39 is 86.5 Å². The molecule has 0 aromatic carbocycles. The Balaban J connectivity index is 6.90. The Morgan fingerprint density at radius 1 is 0.676 bits per heavy atom. The number of alkyl halides is 17. The first-order chi connectivity index (χ1) is 15.8. The summed E-state index contributed by atoms with van der Waals surface area (Å²) in [6.45, 7) is 3.90. The van der Waals surface area contributed by atoms with E-state index in [-0.39, 0.29) is 0 Å². The fourth-order valence-corrected chi connectivity index (χ4v) is 2.79. The predicted molar refractivity (Wildman–Crippen MR) is 82.9 cm³/mol. The van der Waals surface area contributed by atoms with Crippen LogP contribution in [0, 0.1) is 0 Å². The Morgan fingerprint density at radius 2 is 0.973 bits per heavy atom. The third-order valence-corrected chi connectivity index (χ3v) is 5.94. The topological polar surface area (TPSA) is 63.7 Å². The predicted octanol–water partition coefficient (Wildman–Crippen LogP) is 5.64. The van der Waals surface area contributed by atoms with Gasteiger partial charge < -0.3 is 4.84 Å². The minimum atomic E-state index is -8.95. The zero-order valence-corrected chi connectivity index (χ0v) is 18.1. The van der Waals surface area contributed by atoms with Crippen LogP contribution in [0.15, 0.2) is 12.2 Å². The summed E-state index contributed by atoms with van der Waals surface area (Å²) in [7, 11) is -8.16. The van der Waals surface area contributed by atoms with Gasteiger partial charge in [0.2, 0.25) is 0 Å². The Morgan fingerprint density at radius 3 is 1.27 bits per heavy atom. The van der Waals surface area contributed by atoms with E-state index in [1.165, 1.54) is 0 Å². The first kappa shape index (κ1) is 34.9. The molecule has 0 amide bonds. The molecule has 0 heterocycles. The van der Waals surface area contributed by atoms with Crippen LogP contribution in [0.25, 0.3) is 0 Å². The maximum atomic E-state index is 13.9. The molecule has 5 nitrogen and oxygen atoms in total. The van der Waals surface area contributed by atoms with Crippen LogP contribution in [0.4, 0.5) is 74.6 Å². The van der Waals surface area contributed by atoms with Crippen molar-refractivity contribution in [2.75, 3.05) is 7.05 Å². The lowest BCUT2D eigenvalue weighted by Crippen LogP contribution is -2.75. The summed E-state index contributed by atoms with van der Waals surface area (Å²) in [4.78, 5) is 14.8. The number of carbonyl (C=O) groups excluding carboxylic acids is 1. The highest BCUT2D eigenvalue weighted by Gasteiger charge is 2.96. The van der Waals surface area contributed by atoms with Crippen molar-refractivity contribution in [3.05, 3.63) is 12.2 Å². The molecule has 0 N–H and O–H groups in total. The molecule has 0 spiro atoms. The second-order valence-corrected chi connectivity index (χ2v) is 8.69. The van der Waals surface area contributed by atoms with Gasteiger partial charge in [-0.25, -0.2) is 13.2 Å². The molecule has 0 bridgehead atoms. The van der Waals surface area contributed by atoms with Gasteiger partial charge in [-0.2, -0.15) is 74.6 Å². The van der Waals surface area contributed by atoms with Gasteiger partial charge >= 0.3 is 63.0 Å². The van der Waals surface area contributed by atoms with Gasteiger partial charge in [-0.1, -0.05) is 13.5 Å². The van der Waals surface area contributed by atoms with Crippen LogP contribution in [-0.2, 0) is 19.7 Å². The standard InChI is InChI=1S/C14H10F17NO4S/c1-4-5(2)6(33)36-32(3)37(34,35)14(30,31)12(25,26)10(21,22)8(17,18)7(15,16)9(19,20)11(23,24)13(27,28)29/h2,4H2,1,3H3. The summed E-state index contributed by atoms with van der Waals surface area (Å²) in [6.07, 6.45) is -8.38. The molecule has 0 fully saturated rings. The van der Waals surface area contributed by atoms with Crippen LogP contribution < -0.4 is 0 Å². The molecule has 0 rings (SSSR count). The van der Waals surface area contributed by atoms with E-state index in [4.69, 9.17) is 0 Å². The molecule has 220 valence electrons. The van der Waals surface area contributed by atoms with E-state index in [1.807, 2.05) is 0 Å². The van der Waals surface area contributed by atoms with Crippen molar-refractivity contribution < 1.29 is 92.7 Å². The first-order valence-electron chi connectivity index (χ1n) is 8.38. The van der Waals surface area contributed by atoms with Crippen molar-refractivity contribution in [3.63, 3.8) is 0 Å². The normalized spacial score (nSPS) is 15.7. The van der Waals surface area contributed by atoms with Crippen LogP contribution in [-0.4, -0.2) is 72.9 Å². The quantitative estimate of drug-likeness (QED) is 0.173. The van der Waals surface area contributed by atoms with Crippen LogP contribution in [0.1, 0.15) is 13.3 Å². The minimum Gasteiger partial charge on any atom is -0.349 e. The number of sulfonamides is 1. The van der Waals surface area contributed by atoms with Gasteiger partial charge in [-0.15, -0.1) is 0 Å². The maximum absolute atomic E-state index is 13.9. The summed E-state index contributed by atoms with van der Waals surface area (Å²) >= 11 is 0. The van der Waals surface area contributed by atoms with Gasteiger partial charge in [-0.05, 0) is 10.9 Å². The van der Waals surface area contributed by atoms with Crippen molar-refractivity contribution in [3.8, 4) is 0 Å². The lowest BCUT2D eigenvalue weighted by Gasteiger charge is -2.42. The summed E-state index contributed by atoms with van der Waals surface area (Å²) in [5, 5.41) is -7.83. The van der Waals surface area contributed by atoms with E-state index in [0.717, 1.165) is 6.92 Å². The van der Waals surface area contributed by atoms with Crippen molar-refractivity contribution in [1.29, 1.82) is 0 Å². The smallest absolute Gasteiger partial charge is 0.349 e. The molecular weight excluding hydrogens is 601 g/mol. The minimum absolute atomic E-state index is 0.441. The SMILES string of the molecule is C=C(CC)C(=O)ON(C)S(=O)(=O)C(F)(F)C(F)(F)C(F)(F)C(F)(F)C(F)(F)C(F)(F)C(F)(F)C(F)(F)F. The van der Waals surface area contributed by atoms with Crippen LogP contribution in [0.3, 0.4) is 0 Å². The molecule has 37 heavy (non-hydrogen) atoms. The molecule has 0 aromatic rings. The van der Waals surface area contributed by atoms with Gasteiger partial charge in [-0.3, -0.25) is 0 Å². The highest BCUT2D eigenvalue weighted by molar-refractivity contribution is 7.90. The second-order valence-electron chi connectivity index (χ2n) is 6.71. The van der Waals surface area contributed by atoms with Gasteiger partial charge in [0, 0.05) is 12.6 Å². The lowest BCUT2D eigenvalue weighted by atomic mass is 9.91. The van der Waals surface area contributed by atoms with Crippen LogP contribution >= 0.6 is 0 Å². The Labute approximate surface area is 193 Å². The fourth-order valence-electron chi connectivity index (χ4n) is 1.85. The second kappa shape index (κ2) is 9.29. The van der Waals surface area contributed by atoms with E-state index in [9.17, 15) is 87.8 Å². The van der Waals surface area contributed by atoms with Gasteiger partial charge in [0.25, 0.3) is 0 Å². The zero-order valence-electron chi connectivity index (χ0n) is 17.3. The van der Waals surface area contributed by atoms with Gasteiger partial charge in [0.15, 0.2) is 0 Å². The third-order valence-electron chi connectivity index (χ3n) is 4.28. The molecule has 0 radical (unpaired) electrons. The van der Waals surface area contributed by atoms with Crippen LogP contribution in [0.2, 0.25) is 0 Å². The van der Waals surface area contributed by atoms with E-state index in [0.29, 0.717) is 0 Å². The van der Waals surface area contributed by atoms with E-state index in [2.05, 4.69) is 11.4 Å². The highest BCUT2D eigenvalue weighted by Crippen LogP contribution is 2.64. The van der Waals surface area contributed by atoms with Crippen molar-refractivity contribution in [1.82, 2.24) is 4.47 Å². The number of hydrogen-bond donors (Lipinski definition) is 0. The molecular formula is C14H10F17NO4S. The Hall–Kier alpha value is -2.07. The van der Waals surface area contributed by atoms with Crippen LogP contribution in [0.5, 0.6) is 0 Å². The molecule has 0 unspecified atom stereocenters. The molecule has 0 aliphatic rings. The lowest BCUT2D eigenvalue weighted by molar-refractivity contribution is -0.458. The van der Waals surface area contributed by atoms with E-state index in [1.54, 1.807) is 0 Å². The molecule has 0 aromatic heterocycles. The van der Waals surface area contributed by atoms with Crippen molar-refractivity contribution >= 4 is 16.0 Å². The molecule has 23 heteroatoms. The zero-order chi connectivity index (χ0) is 30.6. The Bertz CT molecular complexity index is 1000.